The Hall–Kier alpha value is -1.52. The molecule has 2 aromatic carbocycles. The minimum Gasteiger partial charge on any atom is -0.243 e. The van der Waals surface area contributed by atoms with Gasteiger partial charge in [0.25, 0.3) is 0 Å². The molecular weight excluding hydrogens is 308 g/mol. The zero-order valence-electron chi connectivity index (χ0n) is 9.22. The highest BCUT2D eigenvalue weighted by molar-refractivity contribution is 9.10. The first-order valence-corrected chi connectivity index (χ1v) is 7.17. The lowest BCUT2D eigenvalue weighted by Gasteiger charge is -1.96. The van der Waals surface area contributed by atoms with Gasteiger partial charge in [0.05, 0.1) is 11.0 Å². The van der Waals surface area contributed by atoms with Gasteiger partial charge >= 0.3 is 0 Å². The second-order valence-corrected chi connectivity index (χ2v) is 6.05. The molecule has 4 rings (SSSR count). The van der Waals surface area contributed by atoms with E-state index in [0.717, 1.165) is 25.9 Å². The lowest BCUT2D eigenvalue weighted by atomic mass is 10.2. The number of halogens is 1. The maximum atomic E-state index is 4.73. The zero-order chi connectivity index (χ0) is 12.1. The maximum Gasteiger partial charge on any atom is 0.143 e. The summed E-state index contributed by atoms with van der Waals surface area (Å²) in [6, 6.07) is 14.3. The molecule has 2 nitrogen and oxygen atoms in total. The van der Waals surface area contributed by atoms with Gasteiger partial charge in [0.1, 0.15) is 10.3 Å². The molecule has 0 atom stereocenters. The standard InChI is InChI=1S/C14H7BrN2S/c15-8-5-6-9-12(7-8)18-14-13(9)16-10-3-1-2-4-11(10)17-14/h1-7H. The maximum absolute atomic E-state index is 4.73. The van der Waals surface area contributed by atoms with Crippen LogP contribution in [0.4, 0.5) is 0 Å². The van der Waals surface area contributed by atoms with E-state index in [9.17, 15) is 0 Å². The summed E-state index contributed by atoms with van der Waals surface area (Å²) in [6.45, 7) is 0. The van der Waals surface area contributed by atoms with Crippen molar-refractivity contribution in [3.63, 3.8) is 0 Å². The highest BCUT2D eigenvalue weighted by atomic mass is 79.9. The van der Waals surface area contributed by atoms with Crippen molar-refractivity contribution in [1.29, 1.82) is 0 Å². The number of hydrogen-bond acceptors (Lipinski definition) is 3. The summed E-state index contributed by atoms with van der Waals surface area (Å²) in [4.78, 5) is 10.4. The highest BCUT2D eigenvalue weighted by Crippen LogP contribution is 2.34. The quantitative estimate of drug-likeness (QED) is 0.467. The van der Waals surface area contributed by atoms with Gasteiger partial charge in [-0.05, 0) is 24.3 Å². The van der Waals surface area contributed by atoms with Crippen molar-refractivity contribution in [2.75, 3.05) is 0 Å². The fourth-order valence-corrected chi connectivity index (χ4v) is 3.69. The van der Waals surface area contributed by atoms with Crippen LogP contribution in [0.1, 0.15) is 0 Å². The predicted octanol–water partition coefficient (Wildman–Crippen LogP) is 4.76. The summed E-state index contributed by atoms with van der Waals surface area (Å²) in [5.74, 6) is 0. The molecule has 0 amide bonds. The van der Waals surface area contributed by atoms with Crippen molar-refractivity contribution in [1.82, 2.24) is 9.97 Å². The van der Waals surface area contributed by atoms with Crippen LogP contribution in [0.5, 0.6) is 0 Å². The molecule has 0 spiro atoms. The molecule has 0 saturated carbocycles. The number of para-hydroxylation sites is 2. The van der Waals surface area contributed by atoms with Gasteiger partial charge in [-0.1, -0.05) is 34.1 Å². The molecule has 0 fully saturated rings. The molecule has 0 unspecified atom stereocenters. The van der Waals surface area contributed by atoms with Crippen LogP contribution < -0.4 is 0 Å². The lowest BCUT2D eigenvalue weighted by molar-refractivity contribution is 1.43. The molecule has 0 bridgehead atoms. The third kappa shape index (κ3) is 1.46. The van der Waals surface area contributed by atoms with Gasteiger partial charge < -0.3 is 0 Å². The van der Waals surface area contributed by atoms with Crippen molar-refractivity contribution >= 4 is 58.7 Å². The minimum absolute atomic E-state index is 0.951. The van der Waals surface area contributed by atoms with E-state index in [1.54, 1.807) is 11.3 Å². The molecule has 4 aromatic rings. The topological polar surface area (TPSA) is 25.8 Å². The first-order chi connectivity index (χ1) is 8.81. The van der Waals surface area contributed by atoms with E-state index in [1.807, 2.05) is 30.3 Å². The second-order valence-electron chi connectivity index (χ2n) is 4.11. The van der Waals surface area contributed by atoms with Crippen molar-refractivity contribution in [2.45, 2.75) is 0 Å². The molecular formula is C14H7BrN2S. The van der Waals surface area contributed by atoms with Crippen LogP contribution in [-0.2, 0) is 0 Å². The van der Waals surface area contributed by atoms with Gasteiger partial charge in [0, 0.05) is 14.6 Å². The zero-order valence-corrected chi connectivity index (χ0v) is 11.6. The number of hydrogen-bond donors (Lipinski definition) is 0. The normalized spacial score (nSPS) is 11.6. The van der Waals surface area contributed by atoms with E-state index in [-0.39, 0.29) is 0 Å². The van der Waals surface area contributed by atoms with Gasteiger partial charge in [0.15, 0.2) is 0 Å². The number of benzene rings is 2. The molecule has 0 N–H and O–H groups in total. The van der Waals surface area contributed by atoms with E-state index in [4.69, 9.17) is 4.98 Å². The van der Waals surface area contributed by atoms with E-state index < -0.39 is 0 Å². The molecule has 18 heavy (non-hydrogen) atoms. The van der Waals surface area contributed by atoms with Crippen molar-refractivity contribution in [3.8, 4) is 0 Å². The van der Waals surface area contributed by atoms with Crippen LogP contribution >= 0.6 is 27.3 Å². The average molecular weight is 315 g/mol. The Kier molecular flexibility index (Phi) is 2.16. The smallest absolute Gasteiger partial charge is 0.143 e. The number of nitrogens with zero attached hydrogens (tertiary/aromatic N) is 2. The Morgan fingerprint density at radius 2 is 1.72 bits per heavy atom. The number of thiophene rings is 1. The molecule has 0 saturated heterocycles. The van der Waals surface area contributed by atoms with Crippen molar-refractivity contribution in [2.24, 2.45) is 0 Å². The van der Waals surface area contributed by atoms with E-state index in [1.165, 1.54) is 10.1 Å². The van der Waals surface area contributed by atoms with Gasteiger partial charge in [-0.2, -0.15) is 0 Å². The summed E-state index contributed by atoms with van der Waals surface area (Å²) in [6.07, 6.45) is 0. The Morgan fingerprint density at radius 3 is 2.56 bits per heavy atom. The summed E-state index contributed by atoms with van der Waals surface area (Å²) in [5.41, 5.74) is 2.91. The number of fused-ring (bicyclic) bond motifs is 4. The van der Waals surface area contributed by atoms with Gasteiger partial charge in [-0.3, -0.25) is 0 Å². The fraction of sp³-hybridized carbons (Fsp3) is 0. The summed E-state index contributed by atoms with van der Waals surface area (Å²) < 4.78 is 2.31. The Bertz CT molecular complexity index is 898. The molecule has 0 aliphatic carbocycles. The Morgan fingerprint density at radius 1 is 0.944 bits per heavy atom. The fourth-order valence-electron chi connectivity index (χ4n) is 2.11. The minimum atomic E-state index is 0.951. The third-order valence-corrected chi connectivity index (χ3v) is 4.47. The predicted molar refractivity (Wildman–Crippen MR) is 80.1 cm³/mol. The second kappa shape index (κ2) is 3.73. The van der Waals surface area contributed by atoms with E-state index in [0.29, 0.717) is 0 Å². The SMILES string of the molecule is Brc1ccc2c(c1)sc1nc3ccccc3nc12. The van der Waals surface area contributed by atoms with Crippen LogP contribution in [0.2, 0.25) is 0 Å². The molecule has 0 aliphatic heterocycles. The first-order valence-electron chi connectivity index (χ1n) is 5.56. The Balaban J connectivity index is 2.23. The van der Waals surface area contributed by atoms with Crippen molar-refractivity contribution < 1.29 is 0 Å². The summed E-state index contributed by atoms with van der Waals surface area (Å²) in [5, 5.41) is 1.18. The lowest BCUT2D eigenvalue weighted by Crippen LogP contribution is -1.82. The van der Waals surface area contributed by atoms with Gasteiger partial charge in [0.2, 0.25) is 0 Å². The molecule has 2 heterocycles. The van der Waals surface area contributed by atoms with Crippen LogP contribution in [0.3, 0.4) is 0 Å². The number of rotatable bonds is 0. The van der Waals surface area contributed by atoms with E-state index in [2.05, 4.69) is 33.0 Å². The summed E-state index contributed by atoms with van der Waals surface area (Å²) in [7, 11) is 0. The monoisotopic (exact) mass is 314 g/mol. The molecule has 0 aliphatic rings. The third-order valence-electron chi connectivity index (χ3n) is 2.94. The van der Waals surface area contributed by atoms with Crippen LogP contribution in [-0.4, -0.2) is 9.97 Å². The molecule has 0 radical (unpaired) electrons. The molecule has 2 aromatic heterocycles. The van der Waals surface area contributed by atoms with Crippen LogP contribution in [0, 0.1) is 0 Å². The summed E-state index contributed by atoms with van der Waals surface area (Å²) >= 11 is 5.19. The average Bonchev–Trinajstić information content (AvgIpc) is 2.72. The van der Waals surface area contributed by atoms with Gasteiger partial charge in [-0.25, -0.2) is 9.97 Å². The Labute approximate surface area is 115 Å². The van der Waals surface area contributed by atoms with Gasteiger partial charge in [-0.15, -0.1) is 11.3 Å². The molecule has 4 heteroatoms. The van der Waals surface area contributed by atoms with Crippen molar-refractivity contribution in [3.05, 3.63) is 46.9 Å². The van der Waals surface area contributed by atoms with Crippen LogP contribution in [0.15, 0.2) is 46.9 Å². The van der Waals surface area contributed by atoms with E-state index >= 15 is 0 Å². The highest BCUT2D eigenvalue weighted by Gasteiger charge is 2.09. The number of aromatic nitrogens is 2. The van der Waals surface area contributed by atoms with Crippen LogP contribution in [0.25, 0.3) is 31.5 Å². The largest absolute Gasteiger partial charge is 0.243 e. The first kappa shape index (κ1) is 10.4. The molecule has 86 valence electrons.